The molecule has 1 N–H and O–H groups in total. The van der Waals surface area contributed by atoms with Crippen molar-refractivity contribution in [3.63, 3.8) is 0 Å². The van der Waals surface area contributed by atoms with Gasteiger partial charge < -0.3 is 9.84 Å². The lowest BCUT2D eigenvalue weighted by Crippen LogP contribution is -1.94. The van der Waals surface area contributed by atoms with Gasteiger partial charge in [-0.1, -0.05) is 52.3 Å². The van der Waals surface area contributed by atoms with Crippen molar-refractivity contribution in [3.8, 4) is 5.75 Å². The van der Waals surface area contributed by atoms with Crippen LogP contribution in [0, 0.1) is 11.8 Å². The summed E-state index contributed by atoms with van der Waals surface area (Å²) in [6, 6.07) is 15.2. The van der Waals surface area contributed by atoms with Crippen molar-refractivity contribution in [1.29, 1.82) is 0 Å². The van der Waals surface area contributed by atoms with Crippen LogP contribution in [-0.2, 0) is 11.4 Å². The van der Waals surface area contributed by atoms with Crippen LogP contribution in [0.1, 0.15) is 30.4 Å². The molecule has 0 aliphatic heterocycles. The molecule has 2 atom stereocenters. The Hall–Kier alpha value is -2.33. The molecule has 2 aliphatic rings. The Balaban J connectivity index is 0.000000246. The van der Waals surface area contributed by atoms with Crippen LogP contribution in [0.15, 0.2) is 71.2 Å². The van der Waals surface area contributed by atoms with Crippen LogP contribution in [0.5, 0.6) is 5.75 Å². The number of hydrogen-bond donors (Lipinski definition) is 1. The second-order valence-corrected chi connectivity index (χ2v) is 7.79. The van der Waals surface area contributed by atoms with Gasteiger partial charge in [-0.25, -0.2) is 4.79 Å². The first kappa shape index (κ1) is 19.4. The summed E-state index contributed by atoms with van der Waals surface area (Å²) in [4.78, 5) is 10.4. The van der Waals surface area contributed by atoms with E-state index in [2.05, 4.69) is 28.1 Å². The molecule has 2 aromatic carbocycles. The first-order chi connectivity index (χ1) is 13.1. The first-order valence-corrected chi connectivity index (χ1v) is 9.94. The molecule has 2 aromatic rings. The molecule has 0 heterocycles. The predicted octanol–water partition coefficient (Wildman–Crippen LogP) is 6.10. The van der Waals surface area contributed by atoms with Gasteiger partial charge in [-0.2, -0.15) is 0 Å². The number of halogens is 1. The molecule has 140 valence electrons. The third-order valence-corrected chi connectivity index (χ3v) is 5.32. The van der Waals surface area contributed by atoms with Gasteiger partial charge in [0, 0.05) is 10.5 Å². The van der Waals surface area contributed by atoms with Crippen LogP contribution in [-0.4, -0.2) is 11.1 Å². The number of fused-ring (bicyclic) bond motifs is 2. The first-order valence-electron chi connectivity index (χ1n) is 9.15. The average Bonchev–Trinajstić information content (AvgIpc) is 3.33. The molecule has 4 heteroatoms. The summed E-state index contributed by atoms with van der Waals surface area (Å²) in [5.74, 6) is 1.77. The fourth-order valence-corrected chi connectivity index (χ4v) is 3.57. The largest absolute Gasteiger partial charge is 0.489 e. The number of allylic oxidation sites excluding steroid dienone is 2. The number of hydrogen-bond acceptors (Lipinski definition) is 2. The van der Waals surface area contributed by atoms with E-state index in [0.29, 0.717) is 6.61 Å². The zero-order valence-corrected chi connectivity index (χ0v) is 16.6. The molecule has 0 aromatic heterocycles. The fraction of sp³-hybridized carbons (Fsp3) is 0.261. The quantitative estimate of drug-likeness (QED) is 0.464. The van der Waals surface area contributed by atoms with Gasteiger partial charge in [-0.05, 0) is 72.6 Å². The van der Waals surface area contributed by atoms with Gasteiger partial charge in [-0.15, -0.1) is 0 Å². The van der Waals surface area contributed by atoms with Crippen LogP contribution < -0.4 is 4.74 Å². The van der Waals surface area contributed by atoms with Crippen LogP contribution in [0.25, 0.3) is 6.08 Å². The second-order valence-electron chi connectivity index (χ2n) is 6.87. The van der Waals surface area contributed by atoms with E-state index in [1.807, 2.05) is 48.5 Å². The number of carbonyl (C=O) groups is 1. The molecule has 4 rings (SSSR count). The SMILES string of the molecule is C1=CC2CCC1C2.O=C(O)C=Cc1ccc(OCc2ccc(Br)cc2)cc1. The number of ether oxygens (including phenoxy) is 1. The summed E-state index contributed by atoms with van der Waals surface area (Å²) in [6.07, 6.45) is 11.8. The van der Waals surface area contributed by atoms with Crippen molar-refractivity contribution >= 4 is 28.0 Å². The molecule has 2 bridgehead atoms. The Labute approximate surface area is 168 Å². The lowest BCUT2D eigenvalue weighted by atomic mass is 10.1. The number of carboxylic acids is 1. The second kappa shape index (κ2) is 9.56. The third kappa shape index (κ3) is 6.40. The van der Waals surface area contributed by atoms with Crippen molar-refractivity contribution in [2.45, 2.75) is 25.9 Å². The van der Waals surface area contributed by atoms with Gasteiger partial charge in [0.15, 0.2) is 0 Å². The van der Waals surface area contributed by atoms with Crippen LogP contribution in [0.2, 0.25) is 0 Å². The highest BCUT2D eigenvalue weighted by atomic mass is 79.9. The molecular weight excluding hydrogens is 404 g/mol. The van der Waals surface area contributed by atoms with Gasteiger partial charge in [-0.3, -0.25) is 0 Å². The van der Waals surface area contributed by atoms with E-state index >= 15 is 0 Å². The number of carboxylic acid groups (broad SMARTS) is 1. The Morgan fingerprint density at radius 3 is 2.15 bits per heavy atom. The van der Waals surface area contributed by atoms with E-state index in [1.54, 1.807) is 6.08 Å². The van der Waals surface area contributed by atoms with Crippen LogP contribution in [0.4, 0.5) is 0 Å². The normalized spacial score (nSPS) is 19.7. The van der Waals surface area contributed by atoms with E-state index in [0.717, 1.165) is 39.3 Å². The molecule has 2 aliphatic carbocycles. The summed E-state index contributed by atoms with van der Waals surface area (Å²) in [5.41, 5.74) is 1.91. The average molecular weight is 427 g/mol. The van der Waals surface area contributed by atoms with Crippen molar-refractivity contribution < 1.29 is 14.6 Å². The van der Waals surface area contributed by atoms with E-state index < -0.39 is 5.97 Å². The lowest BCUT2D eigenvalue weighted by molar-refractivity contribution is -0.131. The Morgan fingerprint density at radius 2 is 1.67 bits per heavy atom. The van der Waals surface area contributed by atoms with Gasteiger partial charge >= 0.3 is 5.97 Å². The molecule has 2 unspecified atom stereocenters. The number of rotatable bonds is 5. The molecule has 0 spiro atoms. The van der Waals surface area contributed by atoms with E-state index in [-0.39, 0.29) is 0 Å². The summed E-state index contributed by atoms with van der Waals surface area (Å²) >= 11 is 3.39. The highest BCUT2D eigenvalue weighted by Crippen LogP contribution is 2.38. The molecule has 1 saturated carbocycles. The van der Waals surface area contributed by atoms with Crippen molar-refractivity contribution in [3.05, 3.63) is 82.4 Å². The van der Waals surface area contributed by atoms with Crippen LogP contribution >= 0.6 is 15.9 Å². The Bertz CT molecular complexity index is 795. The third-order valence-electron chi connectivity index (χ3n) is 4.79. The highest BCUT2D eigenvalue weighted by molar-refractivity contribution is 9.10. The maximum absolute atomic E-state index is 10.4. The molecule has 0 saturated heterocycles. The van der Waals surface area contributed by atoms with E-state index in [9.17, 15) is 4.79 Å². The minimum Gasteiger partial charge on any atom is -0.489 e. The summed E-state index contributed by atoms with van der Waals surface area (Å²) in [7, 11) is 0. The van der Waals surface area contributed by atoms with Gasteiger partial charge in [0.1, 0.15) is 12.4 Å². The number of benzene rings is 2. The van der Waals surface area contributed by atoms with Gasteiger partial charge in [0.25, 0.3) is 0 Å². The van der Waals surface area contributed by atoms with Crippen molar-refractivity contribution in [2.75, 3.05) is 0 Å². The maximum atomic E-state index is 10.4. The Morgan fingerprint density at radius 1 is 1.04 bits per heavy atom. The fourth-order valence-electron chi connectivity index (χ4n) is 3.31. The zero-order chi connectivity index (χ0) is 19.1. The topological polar surface area (TPSA) is 46.5 Å². The van der Waals surface area contributed by atoms with Crippen LogP contribution in [0.3, 0.4) is 0 Å². The summed E-state index contributed by atoms with van der Waals surface area (Å²) in [6.45, 7) is 0.498. The molecule has 0 amide bonds. The molecule has 0 radical (unpaired) electrons. The molecular formula is C23H23BrO3. The van der Waals surface area contributed by atoms with Crippen molar-refractivity contribution in [2.24, 2.45) is 11.8 Å². The molecule has 1 fully saturated rings. The van der Waals surface area contributed by atoms with Crippen molar-refractivity contribution in [1.82, 2.24) is 0 Å². The minimum absolute atomic E-state index is 0.498. The molecule has 3 nitrogen and oxygen atoms in total. The summed E-state index contributed by atoms with van der Waals surface area (Å²) in [5, 5.41) is 8.54. The summed E-state index contributed by atoms with van der Waals surface area (Å²) < 4.78 is 6.69. The zero-order valence-electron chi connectivity index (χ0n) is 15.1. The smallest absolute Gasteiger partial charge is 0.328 e. The lowest BCUT2D eigenvalue weighted by Gasteiger charge is -2.06. The minimum atomic E-state index is -0.958. The van der Waals surface area contributed by atoms with E-state index in [4.69, 9.17) is 9.84 Å². The highest BCUT2D eigenvalue weighted by Gasteiger charge is 2.25. The predicted molar refractivity (Wildman–Crippen MR) is 112 cm³/mol. The van der Waals surface area contributed by atoms with E-state index in [1.165, 1.54) is 19.3 Å². The Kier molecular flexibility index (Phi) is 6.88. The molecule has 27 heavy (non-hydrogen) atoms. The number of aliphatic carboxylic acids is 1. The van der Waals surface area contributed by atoms with Gasteiger partial charge in [0.2, 0.25) is 0 Å². The van der Waals surface area contributed by atoms with Gasteiger partial charge in [0.05, 0.1) is 0 Å². The standard InChI is InChI=1S/C16H13BrO3.C7H10/c17-14-6-1-13(2-7-14)11-20-15-8-3-12(4-9-15)5-10-16(18)19;1-2-7-4-3-6(1)5-7/h1-10H,11H2,(H,18,19);1-2,6-7H,3-5H2. The maximum Gasteiger partial charge on any atom is 0.328 e. The monoisotopic (exact) mass is 426 g/mol.